The third kappa shape index (κ3) is 3.50. The van der Waals surface area contributed by atoms with Crippen molar-refractivity contribution in [2.75, 3.05) is 5.73 Å². The van der Waals surface area contributed by atoms with Gasteiger partial charge in [-0.05, 0) is 36.4 Å². The fraction of sp³-hybridized carbons (Fsp3) is 0. The Hall–Kier alpha value is -1.56. The quantitative estimate of drug-likeness (QED) is 0.693. The number of hydrogen-bond donors (Lipinski definition) is 1. The molecule has 20 heavy (non-hydrogen) atoms. The number of hydrogen-bond acceptors (Lipinski definition) is 3. The first-order valence-corrected chi connectivity index (χ1v) is 7.69. The minimum atomic E-state index is -3.78. The van der Waals surface area contributed by atoms with Gasteiger partial charge in [-0.1, -0.05) is 29.3 Å². The molecule has 0 saturated carbocycles. The highest BCUT2D eigenvalue weighted by molar-refractivity contribution is 7.90. The fourth-order valence-electron chi connectivity index (χ4n) is 1.43. The molecule has 0 saturated heterocycles. The van der Waals surface area contributed by atoms with Crippen LogP contribution in [0.25, 0.3) is 0 Å². The van der Waals surface area contributed by atoms with Crippen LogP contribution in [0, 0.1) is 0 Å². The van der Waals surface area contributed by atoms with Crippen molar-refractivity contribution in [1.82, 2.24) is 0 Å². The van der Waals surface area contributed by atoms with E-state index in [1.807, 2.05) is 0 Å². The van der Waals surface area contributed by atoms with Crippen LogP contribution in [0.4, 0.5) is 5.69 Å². The van der Waals surface area contributed by atoms with Gasteiger partial charge in [0.1, 0.15) is 0 Å². The zero-order valence-corrected chi connectivity index (χ0v) is 12.5. The first kappa shape index (κ1) is 14.8. The van der Waals surface area contributed by atoms with Gasteiger partial charge in [0, 0.05) is 22.5 Å². The summed E-state index contributed by atoms with van der Waals surface area (Å²) in [5, 5.41) is 0.794. The normalized spacial score (nSPS) is 11.9. The zero-order chi connectivity index (χ0) is 14.8. The van der Waals surface area contributed by atoms with Crippen LogP contribution in [0.1, 0.15) is 5.56 Å². The summed E-state index contributed by atoms with van der Waals surface area (Å²) in [7, 11) is -3.78. The number of nitrogens with zero attached hydrogens (tertiary/aromatic N) is 1. The molecule has 0 aromatic heterocycles. The van der Waals surface area contributed by atoms with E-state index >= 15 is 0 Å². The van der Waals surface area contributed by atoms with Crippen LogP contribution in [0.2, 0.25) is 10.0 Å². The predicted molar refractivity (Wildman–Crippen MR) is 82.1 cm³/mol. The van der Waals surface area contributed by atoms with E-state index in [9.17, 15) is 8.42 Å². The van der Waals surface area contributed by atoms with Crippen LogP contribution in [0.5, 0.6) is 0 Å². The first-order valence-electron chi connectivity index (χ1n) is 5.49. The van der Waals surface area contributed by atoms with Gasteiger partial charge in [0.25, 0.3) is 10.0 Å². The summed E-state index contributed by atoms with van der Waals surface area (Å²) >= 11 is 11.7. The second kappa shape index (κ2) is 5.83. The lowest BCUT2D eigenvalue weighted by Crippen LogP contribution is -1.98. The molecule has 0 heterocycles. The Kier molecular flexibility index (Phi) is 4.32. The summed E-state index contributed by atoms with van der Waals surface area (Å²) in [6.07, 6.45) is 1.18. The Labute approximate surface area is 126 Å². The standard InChI is InChI=1S/C13H10Cl2N2O2S/c14-10-2-1-9(13(15)7-10)8-17-20(18,19)12-5-3-11(16)4-6-12/h1-8H,16H2. The lowest BCUT2D eigenvalue weighted by atomic mass is 10.2. The topological polar surface area (TPSA) is 72.5 Å². The van der Waals surface area contributed by atoms with Crippen molar-refractivity contribution in [2.24, 2.45) is 4.40 Å². The minimum Gasteiger partial charge on any atom is -0.399 e. The van der Waals surface area contributed by atoms with Gasteiger partial charge in [-0.2, -0.15) is 12.8 Å². The Bertz CT molecular complexity index is 756. The highest BCUT2D eigenvalue weighted by Gasteiger charge is 2.11. The number of anilines is 1. The molecule has 0 fully saturated rings. The molecule has 2 N–H and O–H groups in total. The molecule has 0 aliphatic carbocycles. The van der Waals surface area contributed by atoms with Crippen LogP contribution >= 0.6 is 23.2 Å². The second-order valence-electron chi connectivity index (χ2n) is 3.94. The van der Waals surface area contributed by atoms with Gasteiger partial charge in [-0.25, -0.2) is 0 Å². The maximum absolute atomic E-state index is 12.0. The summed E-state index contributed by atoms with van der Waals surface area (Å²) in [5.41, 5.74) is 6.45. The van der Waals surface area contributed by atoms with Gasteiger partial charge in [-0.15, -0.1) is 0 Å². The van der Waals surface area contributed by atoms with E-state index in [1.54, 1.807) is 12.1 Å². The molecular weight excluding hydrogens is 319 g/mol. The number of sulfonamides is 1. The molecule has 2 aromatic carbocycles. The van der Waals surface area contributed by atoms with Gasteiger partial charge in [-0.3, -0.25) is 0 Å². The molecule has 2 aromatic rings. The van der Waals surface area contributed by atoms with E-state index in [0.717, 1.165) is 0 Å². The first-order chi connectivity index (χ1) is 9.38. The molecular formula is C13H10Cl2N2O2S. The summed E-state index contributed by atoms with van der Waals surface area (Å²) < 4.78 is 27.6. The van der Waals surface area contributed by atoms with Crippen molar-refractivity contribution in [3.05, 3.63) is 58.1 Å². The molecule has 0 spiro atoms. The average molecular weight is 329 g/mol. The van der Waals surface area contributed by atoms with Crippen LogP contribution in [-0.4, -0.2) is 14.6 Å². The zero-order valence-electron chi connectivity index (χ0n) is 10.1. The molecule has 0 amide bonds. The second-order valence-corrected chi connectivity index (χ2v) is 6.42. The van der Waals surface area contributed by atoms with Crippen molar-refractivity contribution in [3.63, 3.8) is 0 Å². The van der Waals surface area contributed by atoms with Crippen LogP contribution in [0.15, 0.2) is 51.8 Å². The van der Waals surface area contributed by atoms with Gasteiger partial charge in [0.2, 0.25) is 0 Å². The van der Waals surface area contributed by atoms with Crippen molar-refractivity contribution in [1.29, 1.82) is 0 Å². The van der Waals surface area contributed by atoms with Crippen LogP contribution in [0.3, 0.4) is 0 Å². The van der Waals surface area contributed by atoms with Crippen molar-refractivity contribution < 1.29 is 8.42 Å². The van der Waals surface area contributed by atoms with Gasteiger partial charge >= 0.3 is 0 Å². The number of benzene rings is 2. The molecule has 0 unspecified atom stereocenters. The third-order valence-electron chi connectivity index (χ3n) is 2.47. The largest absolute Gasteiger partial charge is 0.399 e. The third-order valence-corrected chi connectivity index (χ3v) is 4.28. The van der Waals surface area contributed by atoms with Gasteiger partial charge < -0.3 is 5.73 Å². The van der Waals surface area contributed by atoms with E-state index in [-0.39, 0.29) is 4.90 Å². The van der Waals surface area contributed by atoms with Crippen molar-refractivity contribution >= 4 is 45.1 Å². The Morgan fingerprint density at radius 2 is 1.70 bits per heavy atom. The molecule has 2 rings (SSSR count). The molecule has 0 aliphatic rings. The molecule has 7 heteroatoms. The predicted octanol–water partition coefficient (Wildman–Crippen LogP) is 3.38. The van der Waals surface area contributed by atoms with Gasteiger partial charge in [0.05, 0.1) is 9.92 Å². The molecule has 0 aliphatic heterocycles. The summed E-state index contributed by atoms with van der Waals surface area (Å²) in [6.45, 7) is 0. The smallest absolute Gasteiger partial charge is 0.282 e. The van der Waals surface area contributed by atoms with Crippen LogP contribution in [-0.2, 0) is 10.0 Å². The summed E-state index contributed by atoms with van der Waals surface area (Å²) in [5.74, 6) is 0. The Morgan fingerprint density at radius 3 is 2.30 bits per heavy atom. The number of halogens is 2. The Balaban J connectivity index is 2.32. The van der Waals surface area contributed by atoms with Crippen molar-refractivity contribution in [3.8, 4) is 0 Å². The maximum atomic E-state index is 12.0. The van der Waals surface area contributed by atoms with Crippen LogP contribution < -0.4 is 5.73 Å². The average Bonchev–Trinajstić information content (AvgIpc) is 2.38. The van der Waals surface area contributed by atoms with E-state index in [4.69, 9.17) is 28.9 Å². The highest BCUT2D eigenvalue weighted by Crippen LogP contribution is 2.20. The molecule has 0 atom stereocenters. The number of rotatable bonds is 3. The number of nitrogen functional groups attached to an aromatic ring is 1. The number of nitrogens with two attached hydrogens (primary N) is 1. The lowest BCUT2D eigenvalue weighted by molar-refractivity contribution is 0.598. The van der Waals surface area contributed by atoms with E-state index in [1.165, 1.54) is 36.5 Å². The molecule has 104 valence electrons. The summed E-state index contributed by atoms with van der Waals surface area (Å²) in [4.78, 5) is 0.0630. The van der Waals surface area contributed by atoms with Gasteiger partial charge in [0.15, 0.2) is 0 Å². The minimum absolute atomic E-state index is 0.0630. The monoisotopic (exact) mass is 328 g/mol. The molecule has 0 radical (unpaired) electrons. The summed E-state index contributed by atoms with van der Waals surface area (Å²) in [6, 6.07) is 10.5. The lowest BCUT2D eigenvalue weighted by Gasteiger charge is -2.00. The SMILES string of the molecule is Nc1ccc(S(=O)(=O)N=Cc2ccc(Cl)cc2Cl)cc1. The molecule has 4 nitrogen and oxygen atoms in total. The highest BCUT2D eigenvalue weighted by atomic mass is 35.5. The van der Waals surface area contributed by atoms with E-state index in [2.05, 4.69) is 4.40 Å². The molecule has 0 bridgehead atoms. The maximum Gasteiger partial charge on any atom is 0.282 e. The van der Waals surface area contributed by atoms with E-state index < -0.39 is 10.0 Å². The fourth-order valence-corrected chi connectivity index (χ4v) is 2.74. The van der Waals surface area contributed by atoms with E-state index in [0.29, 0.717) is 21.3 Å². The Morgan fingerprint density at radius 1 is 1.05 bits per heavy atom. The van der Waals surface area contributed by atoms with Crippen molar-refractivity contribution in [2.45, 2.75) is 4.90 Å².